The van der Waals surface area contributed by atoms with E-state index in [1.165, 1.54) is 0 Å². The smallest absolute Gasteiger partial charge is 0.220 e. The van der Waals surface area contributed by atoms with E-state index in [-0.39, 0.29) is 5.91 Å². The number of nitrogens with one attached hydrogen (secondary N) is 1. The fourth-order valence-corrected chi connectivity index (χ4v) is 3.08. The van der Waals surface area contributed by atoms with Crippen LogP contribution in [0.2, 0.25) is 0 Å². The number of nitrogens with two attached hydrogens (primary N) is 1. The molecule has 2 atom stereocenters. The molecule has 6 heteroatoms. The first-order valence-corrected chi connectivity index (χ1v) is 6.83. The molecule has 0 aromatic carbocycles. The van der Waals surface area contributed by atoms with Gasteiger partial charge in [-0.3, -0.25) is 4.79 Å². The SMILES string of the molecule is NCc1ccnnc1N1CCC2NC(=O)CCC2C1. The Bertz CT molecular complexity index is 478. The van der Waals surface area contributed by atoms with Gasteiger partial charge in [-0.2, -0.15) is 5.10 Å². The van der Waals surface area contributed by atoms with Gasteiger partial charge in [0.15, 0.2) is 5.82 Å². The van der Waals surface area contributed by atoms with E-state index in [2.05, 4.69) is 20.4 Å². The van der Waals surface area contributed by atoms with Crippen LogP contribution in [0.4, 0.5) is 5.82 Å². The number of carbonyl (C=O) groups is 1. The van der Waals surface area contributed by atoms with E-state index in [0.717, 1.165) is 37.3 Å². The van der Waals surface area contributed by atoms with E-state index in [1.807, 2.05) is 6.07 Å². The number of fused-ring (bicyclic) bond motifs is 1. The number of anilines is 1. The molecule has 19 heavy (non-hydrogen) atoms. The van der Waals surface area contributed by atoms with E-state index < -0.39 is 0 Å². The van der Waals surface area contributed by atoms with E-state index in [1.54, 1.807) is 6.20 Å². The molecule has 3 N–H and O–H groups in total. The number of hydrogen-bond donors (Lipinski definition) is 2. The quantitative estimate of drug-likeness (QED) is 0.785. The largest absolute Gasteiger partial charge is 0.354 e. The molecule has 6 nitrogen and oxygen atoms in total. The average Bonchev–Trinajstić information content (AvgIpc) is 2.46. The van der Waals surface area contributed by atoms with Crippen molar-refractivity contribution in [3.8, 4) is 0 Å². The van der Waals surface area contributed by atoms with E-state index in [9.17, 15) is 4.79 Å². The normalized spacial score (nSPS) is 26.8. The number of aromatic nitrogens is 2. The van der Waals surface area contributed by atoms with Crippen LogP contribution in [-0.4, -0.2) is 35.2 Å². The highest BCUT2D eigenvalue weighted by Crippen LogP contribution is 2.28. The number of hydrogen-bond acceptors (Lipinski definition) is 5. The fourth-order valence-electron chi connectivity index (χ4n) is 3.08. The molecule has 3 rings (SSSR count). The molecule has 1 aromatic rings. The molecule has 2 saturated heterocycles. The lowest BCUT2D eigenvalue weighted by molar-refractivity contribution is -0.124. The van der Waals surface area contributed by atoms with Gasteiger partial charge in [0.2, 0.25) is 5.91 Å². The number of amides is 1. The zero-order chi connectivity index (χ0) is 13.2. The summed E-state index contributed by atoms with van der Waals surface area (Å²) in [5.74, 6) is 1.61. The molecule has 1 amide bonds. The maximum atomic E-state index is 11.4. The lowest BCUT2D eigenvalue weighted by Gasteiger charge is -2.42. The monoisotopic (exact) mass is 261 g/mol. The maximum Gasteiger partial charge on any atom is 0.220 e. The van der Waals surface area contributed by atoms with Gasteiger partial charge in [-0.1, -0.05) is 0 Å². The Morgan fingerprint density at radius 2 is 2.37 bits per heavy atom. The highest BCUT2D eigenvalue weighted by molar-refractivity contribution is 5.77. The van der Waals surface area contributed by atoms with E-state index >= 15 is 0 Å². The van der Waals surface area contributed by atoms with Crippen LogP contribution in [0.25, 0.3) is 0 Å². The summed E-state index contributed by atoms with van der Waals surface area (Å²) >= 11 is 0. The van der Waals surface area contributed by atoms with Crippen molar-refractivity contribution < 1.29 is 4.79 Å². The molecule has 2 fully saturated rings. The van der Waals surface area contributed by atoms with Crippen LogP contribution in [0, 0.1) is 5.92 Å². The number of carbonyl (C=O) groups excluding carboxylic acids is 1. The highest BCUT2D eigenvalue weighted by atomic mass is 16.1. The third kappa shape index (κ3) is 2.40. The number of nitrogens with zero attached hydrogens (tertiary/aromatic N) is 3. The van der Waals surface area contributed by atoms with Crippen LogP contribution >= 0.6 is 0 Å². The Balaban J connectivity index is 1.76. The van der Waals surface area contributed by atoms with Crippen molar-refractivity contribution in [1.29, 1.82) is 0 Å². The average molecular weight is 261 g/mol. The predicted octanol–water partition coefficient (Wildman–Crippen LogP) is 0.0402. The first-order chi connectivity index (χ1) is 9.28. The first kappa shape index (κ1) is 12.3. The van der Waals surface area contributed by atoms with Crippen LogP contribution in [0.15, 0.2) is 12.3 Å². The number of piperidine rings is 2. The molecular formula is C13H19N5O. The molecule has 102 valence electrons. The Morgan fingerprint density at radius 3 is 3.21 bits per heavy atom. The standard InChI is InChI=1S/C13H19N5O/c14-7-9-3-5-15-17-13(9)18-6-4-11-10(8-18)1-2-12(19)16-11/h3,5,10-11H,1-2,4,6-8,14H2,(H,16,19). The third-order valence-electron chi connectivity index (χ3n) is 4.12. The Morgan fingerprint density at radius 1 is 1.47 bits per heavy atom. The Kier molecular flexibility index (Phi) is 3.33. The van der Waals surface area contributed by atoms with Gasteiger partial charge < -0.3 is 16.0 Å². The minimum atomic E-state index is 0.192. The molecule has 0 radical (unpaired) electrons. The van der Waals surface area contributed by atoms with E-state index in [0.29, 0.717) is 24.9 Å². The first-order valence-electron chi connectivity index (χ1n) is 6.83. The van der Waals surface area contributed by atoms with Gasteiger partial charge in [0.05, 0.1) is 6.20 Å². The lowest BCUT2D eigenvalue weighted by Crippen LogP contribution is -2.54. The van der Waals surface area contributed by atoms with Crippen LogP contribution in [-0.2, 0) is 11.3 Å². The van der Waals surface area contributed by atoms with Crippen LogP contribution < -0.4 is 16.0 Å². The summed E-state index contributed by atoms with van der Waals surface area (Å²) < 4.78 is 0. The van der Waals surface area contributed by atoms with Gasteiger partial charge in [0.25, 0.3) is 0 Å². The van der Waals surface area contributed by atoms with Gasteiger partial charge in [-0.15, -0.1) is 5.10 Å². The highest BCUT2D eigenvalue weighted by Gasteiger charge is 2.34. The molecule has 3 heterocycles. The summed E-state index contributed by atoms with van der Waals surface area (Å²) in [6.07, 6.45) is 4.25. The second-order valence-electron chi connectivity index (χ2n) is 5.29. The molecular weight excluding hydrogens is 242 g/mol. The topological polar surface area (TPSA) is 84.1 Å². The molecule has 1 aromatic heterocycles. The van der Waals surface area contributed by atoms with Crippen LogP contribution in [0.5, 0.6) is 0 Å². The zero-order valence-corrected chi connectivity index (χ0v) is 10.9. The molecule has 2 aliphatic heterocycles. The lowest BCUT2D eigenvalue weighted by atomic mass is 9.85. The molecule has 2 unspecified atom stereocenters. The van der Waals surface area contributed by atoms with E-state index in [4.69, 9.17) is 5.73 Å². The minimum absolute atomic E-state index is 0.192. The van der Waals surface area contributed by atoms with Gasteiger partial charge in [0, 0.05) is 37.7 Å². The summed E-state index contributed by atoms with van der Waals surface area (Å²) in [4.78, 5) is 13.7. The van der Waals surface area contributed by atoms with Crippen molar-refractivity contribution in [3.05, 3.63) is 17.8 Å². The molecule has 0 spiro atoms. The van der Waals surface area contributed by atoms with Crippen LogP contribution in [0.3, 0.4) is 0 Å². The summed E-state index contributed by atoms with van der Waals surface area (Å²) in [7, 11) is 0. The Labute approximate surface area is 112 Å². The molecule has 0 saturated carbocycles. The minimum Gasteiger partial charge on any atom is -0.354 e. The Hall–Kier alpha value is -1.69. The second-order valence-corrected chi connectivity index (χ2v) is 5.29. The predicted molar refractivity (Wildman–Crippen MR) is 71.4 cm³/mol. The van der Waals surface area contributed by atoms with Crippen molar-refractivity contribution in [2.45, 2.75) is 31.8 Å². The third-order valence-corrected chi connectivity index (χ3v) is 4.12. The summed E-state index contributed by atoms with van der Waals surface area (Å²) in [5.41, 5.74) is 6.79. The number of rotatable bonds is 2. The van der Waals surface area contributed by atoms with Gasteiger partial charge in [0.1, 0.15) is 0 Å². The summed E-state index contributed by atoms with van der Waals surface area (Å²) in [6, 6.07) is 2.26. The summed E-state index contributed by atoms with van der Waals surface area (Å²) in [5, 5.41) is 11.3. The van der Waals surface area contributed by atoms with Crippen molar-refractivity contribution in [2.75, 3.05) is 18.0 Å². The van der Waals surface area contributed by atoms with Gasteiger partial charge in [-0.25, -0.2) is 0 Å². The van der Waals surface area contributed by atoms with Crippen molar-refractivity contribution in [3.63, 3.8) is 0 Å². The van der Waals surface area contributed by atoms with Crippen LogP contribution in [0.1, 0.15) is 24.8 Å². The second kappa shape index (κ2) is 5.13. The van der Waals surface area contributed by atoms with Gasteiger partial charge >= 0.3 is 0 Å². The van der Waals surface area contributed by atoms with Crippen molar-refractivity contribution in [1.82, 2.24) is 15.5 Å². The molecule has 2 aliphatic rings. The van der Waals surface area contributed by atoms with Crippen molar-refractivity contribution >= 4 is 11.7 Å². The van der Waals surface area contributed by atoms with Gasteiger partial charge in [-0.05, 0) is 24.8 Å². The zero-order valence-electron chi connectivity index (χ0n) is 10.9. The maximum absolute atomic E-state index is 11.4. The molecule has 0 aliphatic carbocycles. The van der Waals surface area contributed by atoms with Crippen molar-refractivity contribution in [2.24, 2.45) is 11.7 Å². The fraction of sp³-hybridized carbons (Fsp3) is 0.615. The summed E-state index contributed by atoms with van der Waals surface area (Å²) in [6.45, 7) is 2.30. The molecule has 0 bridgehead atoms.